The Morgan fingerprint density at radius 1 is 1.16 bits per heavy atom. The molecule has 0 fully saturated rings. The Kier molecular flexibility index (Phi) is 5.56. The van der Waals surface area contributed by atoms with E-state index in [1.165, 1.54) is 12.3 Å². The number of carbonyl (C=O) groups excluding carboxylic acids is 1. The monoisotopic (exact) mass is 358 g/mol. The quantitative estimate of drug-likeness (QED) is 0.434. The van der Waals surface area contributed by atoms with Crippen molar-refractivity contribution >= 4 is 41.2 Å². The molecule has 0 bridgehead atoms. The normalized spacial score (nSPS) is 12.1. The van der Waals surface area contributed by atoms with Gasteiger partial charge in [-0.3, -0.25) is 9.79 Å². The van der Waals surface area contributed by atoms with Crippen LogP contribution < -0.4 is 17.2 Å². The molecular formula is C18H16ClFN4O. The minimum absolute atomic E-state index is 0.0339. The number of anilines is 1. The van der Waals surface area contributed by atoms with E-state index in [0.717, 1.165) is 17.2 Å². The zero-order chi connectivity index (χ0) is 18.6. The lowest BCUT2D eigenvalue weighted by molar-refractivity contribution is -0.114. The van der Waals surface area contributed by atoms with Crippen molar-refractivity contribution in [3.05, 3.63) is 76.2 Å². The molecule has 1 amide bonds. The van der Waals surface area contributed by atoms with Gasteiger partial charge in [-0.25, -0.2) is 4.39 Å². The first kappa shape index (κ1) is 18.2. The molecule has 5 nitrogen and oxygen atoms in total. The van der Waals surface area contributed by atoms with Crippen molar-refractivity contribution < 1.29 is 9.18 Å². The first-order valence-electron chi connectivity index (χ1n) is 7.14. The maximum atomic E-state index is 13.8. The molecule has 25 heavy (non-hydrogen) atoms. The van der Waals surface area contributed by atoms with E-state index >= 15 is 0 Å². The van der Waals surface area contributed by atoms with E-state index in [1.54, 1.807) is 18.2 Å². The third-order valence-electron chi connectivity index (χ3n) is 3.38. The Balaban J connectivity index is 2.53. The summed E-state index contributed by atoms with van der Waals surface area (Å²) in [6.45, 7) is 3.67. The van der Waals surface area contributed by atoms with Gasteiger partial charge in [-0.2, -0.15) is 0 Å². The fourth-order valence-electron chi connectivity index (χ4n) is 2.03. The number of halogens is 2. The molecule has 7 heteroatoms. The molecule has 0 heterocycles. The van der Waals surface area contributed by atoms with Gasteiger partial charge in [0.05, 0.1) is 5.02 Å². The molecule has 0 spiro atoms. The topological polar surface area (TPSA) is 107 Å². The van der Waals surface area contributed by atoms with Gasteiger partial charge < -0.3 is 17.2 Å². The molecule has 2 rings (SSSR count). The van der Waals surface area contributed by atoms with E-state index in [9.17, 15) is 9.18 Å². The number of aliphatic imine (C=N–C) groups is 1. The van der Waals surface area contributed by atoms with Crippen molar-refractivity contribution in [2.24, 2.45) is 16.5 Å². The van der Waals surface area contributed by atoms with Gasteiger partial charge in [-0.15, -0.1) is 0 Å². The Morgan fingerprint density at radius 3 is 2.32 bits per heavy atom. The standard InChI is InChI=1S/C18H16ClFN4O/c1-2-10-3-5-11(6-4-10)9-24-17(16(22)18(23)25)12-7-14(20)13(19)8-15(12)21/h2-9H,1,21-22H2,(H2,23,25)/b17-16+,24-9?. The van der Waals surface area contributed by atoms with Crippen LogP contribution in [-0.2, 0) is 4.79 Å². The van der Waals surface area contributed by atoms with Crippen molar-refractivity contribution in [3.8, 4) is 0 Å². The number of amides is 1. The number of hydrogen-bond donors (Lipinski definition) is 3. The van der Waals surface area contributed by atoms with Gasteiger partial charge in [-0.1, -0.05) is 48.5 Å². The maximum Gasteiger partial charge on any atom is 0.266 e. The van der Waals surface area contributed by atoms with Crippen LogP contribution in [0.4, 0.5) is 10.1 Å². The lowest BCUT2D eigenvalue weighted by Gasteiger charge is -2.10. The number of benzene rings is 2. The molecule has 0 radical (unpaired) electrons. The van der Waals surface area contributed by atoms with Gasteiger partial charge >= 0.3 is 0 Å². The van der Waals surface area contributed by atoms with Crippen molar-refractivity contribution in [2.75, 3.05) is 5.73 Å². The largest absolute Gasteiger partial charge is 0.398 e. The average molecular weight is 359 g/mol. The zero-order valence-electron chi connectivity index (χ0n) is 13.2. The first-order valence-corrected chi connectivity index (χ1v) is 7.52. The number of primary amides is 1. The summed E-state index contributed by atoms with van der Waals surface area (Å²) in [7, 11) is 0. The molecule has 0 aliphatic rings. The van der Waals surface area contributed by atoms with Crippen molar-refractivity contribution in [2.45, 2.75) is 0 Å². The minimum Gasteiger partial charge on any atom is -0.398 e. The minimum atomic E-state index is -0.899. The second-order valence-corrected chi connectivity index (χ2v) is 5.52. The fourth-order valence-corrected chi connectivity index (χ4v) is 2.20. The lowest BCUT2D eigenvalue weighted by atomic mass is 10.1. The predicted molar refractivity (Wildman–Crippen MR) is 100 cm³/mol. The number of nitrogens with zero attached hydrogens (tertiary/aromatic N) is 1. The van der Waals surface area contributed by atoms with Gasteiger partial charge in [-0.05, 0) is 23.3 Å². The molecule has 0 aromatic heterocycles. The van der Waals surface area contributed by atoms with E-state index in [4.69, 9.17) is 28.8 Å². The van der Waals surface area contributed by atoms with Crippen molar-refractivity contribution in [1.29, 1.82) is 0 Å². The van der Waals surface area contributed by atoms with Crippen LogP contribution in [0.2, 0.25) is 5.02 Å². The van der Waals surface area contributed by atoms with E-state index in [0.29, 0.717) is 0 Å². The second kappa shape index (κ2) is 7.63. The highest BCUT2D eigenvalue weighted by atomic mass is 35.5. The fraction of sp³-hybridized carbons (Fsp3) is 0. The van der Waals surface area contributed by atoms with Crippen LogP contribution in [0, 0.1) is 5.82 Å². The van der Waals surface area contributed by atoms with Crippen LogP contribution in [-0.4, -0.2) is 12.1 Å². The Labute approximate surface area is 149 Å². The summed E-state index contributed by atoms with van der Waals surface area (Å²) in [6, 6.07) is 9.54. The number of carbonyl (C=O) groups is 1. The van der Waals surface area contributed by atoms with E-state index in [-0.39, 0.29) is 27.7 Å². The van der Waals surface area contributed by atoms with Gasteiger partial charge in [0, 0.05) is 17.5 Å². The molecule has 0 unspecified atom stereocenters. The molecule has 0 aliphatic carbocycles. The highest BCUT2D eigenvalue weighted by molar-refractivity contribution is 6.31. The smallest absolute Gasteiger partial charge is 0.266 e. The second-order valence-electron chi connectivity index (χ2n) is 5.11. The van der Waals surface area contributed by atoms with E-state index in [1.807, 2.05) is 12.1 Å². The van der Waals surface area contributed by atoms with Crippen LogP contribution in [0.1, 0.15) is 16.7 Å². The van der Waals surface area contributed by atoms with Crippen LogP contribution in [0.3, 0.4) is 0 Å². The third kappa shape index (κ3) is 4.24. The van der Waals surface area contributed by atoms with Crippen molar-refractivity contribution in [1.82, 2.24) is 0 Å². The van der Waals surface area contributed by atoms with Gasteiger partial charge in [0.15, 0.2) is 0 Å². The zero-order valence-corrected chi connectivity index (χ0v) is 13.9. The summed E-state index contributed by atoms with van der Waals surface area (Å²) < 4.78 is 13.8. The van der Waals surface area contributed by atoms with Gasteiger partial charge in [0.2, 0.25) is 0 Å². The summed E-state index contributed by atoms with van der Waals surface area (Å²) >= 11 is 5.69. The number of rotatable bonds is 5. The Bertz CT molecular complexity index is 889. The molecule has 2 aromatic rings. The maximum absolute atomic E-state index is 13.8. The van der Waals surface area contributed by atoms with Crippen molar-refractivity contribution in [3.63, 3.8) is 0 Å². The molecule has 2 aromatic carbocycles. The predicted octanol–water partition coefficient (Wildman–Crippen LogP) is 2.94. The van der Waals surface area contributed by atoms with Crippen LogP contribution in [0.5, 0.6) is 0 Å². The number of hydrogen-bond acceptors (Lipinski definition) is 4. The molecule has 0 saturated carbocycles. The number of nitrogen functional groups attached to an aromatic ring is 1. The Morgan fingerprint density at radius 2 is 1.76 bits per heavy atom. The van der Waals surface area contributed by atoms with Gasteiger partial charge in [0.25, 0.3) is 5.91 Å². The molecule has 0 aliphatic heterocycles. The summed E-state index contributed by atoms with van der Waals surface area (Å²) in [4.78, 5) is 15.7. The van der Waals surface area contributed by atoms with E-state index < -0.39 is 11.7 Å². The summed E-state index contributed by atoms with van der Waals surface area (Å²) in [5.74, 6) is -1.62. The average Bonchev–Trinajstić information content (AvgIpc) is 2.59. The summed E-state index contributed by atoms with van der Waals surface area (Å²) in [6.07, 6.45) is 3.17. The molecule has 6 N–H and O–H groups in total. The molecular weight excluding hydrogens is 343 g/mol. The van der Waals surface area contributed by atoms with E-state index in [2.05, 4.69) is 11.6 Å². The molecule has 0 saturated heterocycles. The van der Waals surface area contributed by atoms with Crippen LogP contribution >= 0.6 is 11.6 Å². The highest BCUT2D eigenvalue weighted by Gasteiger charge is 2.15. The summed E-state index contributed by atoms with van der Waals surface area (Å²) in [5, 5.41) is -0.151. The Hall–Kier alpha value is -3.12. The molecule has 0 atom stereocenters. The first-order chi connectivity index (χ1) is 11.8. The molecule has 128 valence electrons. The third-order valence-corrected chi connectivity index (χ3v) is 3.67. The SMILES string of the molecule is C=Cc1ccc(C=N/C(=C(/N)C(N)=O)c2cc(F)c(Cl)cc2N)cc1. The van der Waals surface area contributed by atoms with Crippen LogP contribution in [0.15, 0.2) is 53.7 Å². The van der Waals surface area contributed by atoms with Gasteiger partial charge in [0.1, 0.15) is 17.2 Å². The highest BCUT2D eigenvalue weighted by Crippen LogP contribution is 2.29. The summed E-state index contributed by atoms with van der Waals surface area (Å²) in [5.41, 5.74) is 18.3. The number of nitrogens with two attached hydrogens (primary N) is 3. The lowest BCUT2D eigenvalue weighted by Crippen LogP contribution is -2.22. The van der Waals surface area contributed by atoms with Crippen LogP contribution in [0.25, 0.3) is 11.8 Å².